The van der Waals surface area contributed by atoms with Gasteiger partial charge in [0.2, 0.25) is 0 Å². The molecule has 6 heavy (non-hydrogen) atoms. The molecule has 0 aliphatic heterocycles. The molecule has 0 heterocycles. The van der Waals surface area contributed by atoms with Gasteiger partial charge in [-0.3, -0.25) is 0 Å². The standard InChI is InChI=1S/C4H7N.Na/c1-2-3-4-5;/h2-3H2,1H3;. The van der Waals surface area contributed by atoms with Crippen LogP contribution in [0.2, 0.25) is 0 Å². The van der Waals surface area contributed by atoms with E-state index in [0.29, 0.717) is 6.42 Å². The van der Waals surface area contributed by atoms with Gasteiger partial charge in [0.1, 0.15) is 0 Å². The third-order valence-electron chi connectivity index (χ3n) is 0.362. The second-order valence-corrected chi connectivity index (χ2v) is 0.908. The van der Waals surface area contributed by atoms with Gasteiger partial charge >= 0.3 is 0 Å². The van der Waals surface area contributed by atoms with E-state index in [4.69, 9.17) is 5.26 Å². The Kier molecular flexibility index (Phi) is 14.7. The molecule has 0 aliphatic rings. The Bertz CT molecular complexity index is 46.0. The second-order valence-electron chi connectivity index (χ2n) is 0.908. The van der Waals surface area contributed by atoms with Crippen molar-refractivity contribution in [1.82, 2.24) is 0 Å². The Balaban J connectivity index is 0. The Morgan fingerprint density at radius 3 is 2.17 bits per heavy atom. The number of hydrogen-bond donors (Lipinski definition) is 0. The molecule has 29 valence electrons. The Morgan fingerprint density at radius 2 is 2.17 bits per heavy atom. The molecule has 0 spiro atoms. The summed E-state index contributed by atoms with van der Waals surface area (Å²) in [7, 11) is 0. The van der Waals surface area contributed by atoms with Gasteiger partial charge in [-0.25, -0.2) is 0 Å². The van der Waals surface area contributed by atoms with Crippen LogP contribution in [0.5, 0.6) is 0 Å². The van der Waals surface area contributed by atoms with Gasteiger partial charge in [-0.1, -0.05) is 6.92 Å². The molecule has 0 amide bonds. The van der Waals surface area contributed by atoms with Gasteiger partial charge in [0.25, 0.3) is 0 Å². The molecule has 0 aliphatic carbocycles. The van der Waals surface area contributed by atoms with Crippen molar-refractivity contribution in [2.45, 2.75) is 19.8 Å². The maximum Gasteiger partial charge on any atom is 0.0621 e. The van der Waals surface area contributed by atoms with E-state index in [0.717, 1.165) is 6.42 Å². The molecule has 1 radical (unpaired) electrons. The first-order valence-corrected chi connectivity index (χ1v) is 1.78. The van der Waals surface area contributed by atoms with Crippen LogP contribution in [0.1, 0.15) is 19.8 Å². The van der Waals surface area contributed by atoms with Gasteiger partial charge in [-0.05, 0) is 6.42 Å². The van der Waals surface area contributed by atoms with Gasteiger partial charge in [-0.2, -0.15) is 5.26 Å². The monoisotopic (exact) mass is 92.0 g/mol. The molecule has 0 aromatic carbocycles. The maximum atomic E-state index is 7.82. The average Bonchev–Trinajstić information content (AvgIpc) is 1.41. The summed E-state index contributed by atoms with van der Waals surface area (Å²) in [5.41, 5.74) is 0. The first kappa shape index (κ1) is 9.70. The minimum absolute atomic E-state index is 0. The van der Waals surface area contributed by atoms with Crippen molar-refractivity contribution in [3.8, 4) is 6.07 Å². The van der Waals surface area contributed by atoms with E-state index < -0.39 is 0 Å². The SMILES string of the molecule is CCCC#N.[Na]. The molecule has 0 bridgehead atoms. The molecular formula is C4H7NNa. The van der Waals surface area contributed by atoms with Crippen LogP contribution in [0, 0.1) is 11.3 Å². The van der Waals surface area contributed by atoms with Gasteiger partial charge in [0, 0.05) is 36.0 Å². The van der Waals surface area contributed by atoms with Crippen LogP contribution in [-0.4, -0.2) is 29.6 Å². The van der Waals surface area contributed by atoms with Crippen LogP contribution in [0.15, 0.2) is 0 Å². The molecule has 2 heteroatoms. The van der Waals surface area contributed by atoms with Gasteiger partial charge in [0.15, 0.2) is 0 Å². The molecule has 0 N–H and O–H groups in total. The van der Waals surface area contributed by atoms with E-state index in [-0.39, 0.29) is 29.6 Å². The third kappa shape index (κ3) is 8.82. The largest absolute Gasteiger partial charge is 0.198 e. The van der Waals surface area contributed by atoms with Crippen molar-refractivity contribution in [1.29, 1.82) is 5.26 Å². The first-order valence-electron chi connectivity index (χ1n) is 1.78. The van der Waals surface area contributed by atoms with Crippen LogP contribution < -0.4 is 0 Å². The third-order valence-corrected chi connectivity index (χ3v) is 0.362. The second kappa shape index (κ2) is 9.09. The van der Waals surface area contributed by atoms with Crippen LogP contribution >= 0.6 is 0 Å². The van der Waals surface area contributed by atoms with E-state index in [9.17, 15) is 0 Å². The van der Waals surface area contributed by atoms with Crippen LogP contribution in [-0.2, 0) is 0 Å². The van der Waals surface area contributed by atoms with Gasteiger partial charge in [0.05, 0.1) is 6.07 Å². The minimum Gasteiger partial charge on any atom is -0.198 e. The van der Waals surface area contributed by atoms with Crippen molar-refractivity contribution in [3.05, 3.63) is 0 Å². The van der Waals surface area contributed by atoms with Crippen molar-refractivity contribution >= 4 is 29.6 Å². The molecule has 0 saturated carbocycles. The smallest absolute Gasteiger partial charge is 0.0621 e. The van der Waals surface area contributed by atoms with Crippen molar-refractivity contribution < 1.29 is 0 Å². The van der Waals surface area contributed by atoms with Gasteiger partial charge in [-0.15, -0.1) is 0 Å². The summed E-state index contributed by atoms with van der Waals surface area (Å²) < 4.78 is 0. The van der Waals surface area contributed by atoms with Crippen LogP contribution in [0.3, 0.4) is 0 Å². The average molecular weight is 92.1 g/mol. The Labute approximate surface area is 60.6 Å². The molecule has 1 nitrogen and oxygen atoms in total. The van der Waals surface area contributed by atoms with Crippen molar-refractivity contribution in [2.24, 2.45) is 0 Å². The molecule has 0 unspecified atom stereocenters. The first-order chi connectivity index (χ1) is 2.41. The number of unbranched alkanes of at least 4 members (excludes halogenated alkanes) is 1. The predicted octanol–water partition coefficient (Wildman–Crippen LogP) is 0.929. The molecular weight excluding hydrogens is 85.0 g/mol. The fourth-order valence-electron chi connectivity index (χ4n) is 0.112. The zero-order chi connectivity index (χ0) is 4.12. The van der Waals surface area contributed by atoms with Gasteiger partial charge < -0.3 is 0 Å². The Hall–Kier alpha value is 0.490. The fourth-order valence-corrected chi connectivity index (χ4v) is 0.112. The number of nitrogens with zero attached hydrogens (tertiary/aromatic N) is 1. The van der Waals surface area contributed by atoms with E-state index in [1.807, 2.05) is 13.0 Å². The summed E-state index contributed by atoms with van der Waals surface area (Å²) in [5.74, 6) is 0. The molecule has 0 atom stereocenters. The summed E-state index contributed by atoms with van der Waals surface area (Å²) in [6.45, 7) is 1.99. The molecule has 0 aromatic heterocycles. The topological polar surface area (TPSA) is 23.8 Å². The summed E-state index contributed by atoms with van der Waals surface area (Å²) in [6.07, 6.45) is 1.68. The molecule has 0 aromatic rings. The fraction of sp³-hybridized carbons (Fsp3) is 0.750. The summed E-state index contributed by atoms with van der Waals surface area (Å²) >= 11 is 0. The summed E-state index contributed by atoms with van der Waals surface area (Å²) in [5, 5.41) is 7.82. The van der Waals surface area contributed by atoms with Crippen LogP contribution in [0.25, 0.3) is 0 Å². The van der Waals surface area contributed by atoms with E-state index in [1.54, 1.807) is 0 Å². The molecule has 0 rings (SSSR count). The minimum atomic E-state index is 0. The summed E-state index contributed by atoms with van der Waals surface area (Å²) in [6, 6.07) is 2.02. The number of rotatable bonds is 1. The zero-order valence-corrected chi connectivity index (χ0v) is 6.36. The quantitative estimate of drug-likeness (QED) is 0.441. The normalized spacial score (nSPS) is 5.33. The van der Waals surface area contributed by atoms with E-state index >= 15 is 0 Å². The number of nitriles is 1. The zero-order valence-electron chi connectivity index (χ0n) is 4.36. The Morgan fingerprint density at radius 1 is 1.67 bits per heavy atom. The maximum absolute atomic E-state index is 7.82. The summed E-state index contributed by atoms with van der Waals surface area (Å²) in [4.78, 5) is 0. The van der Waals surface area contributed by atoms with E-state index in [2.05, 4.69) is 0 Å². The van der Waals surface area contributed by atoms with Crippen molar-refractivity contribution in [2.75, 3.05) is 0 Å². The van der Waals surface area contributed by atoms with E-state index in [1.165, 1.54) is 0 Å². The molecule has 0 fully saturated rings. The predicted molar refractivity (Wildman–Crippen MR) is 26.3 cm³/mol. The van der Waals surface area contributed by atoms with Crippen LogP contribution in [0.4, 0.5) is 0 Å². The van der Waals surface area contributed by atoms with Crippen molar-refractivity contribution in [3.63, 3.8) is 0 Å². The number of hydrogen-bond acceptors (Lipinski definition) is 1. The molecule has 0 saturated heterocycles.